The smallest absolute Gasteiger partial charge is 0.259 e. The Hall–Kier alpha value is -2.50. The highest BCUT2D eigenvalue weighted by molar-refractivity contribution is 6.50. The van der Waals surface area contributed by atoms with Crippen molar-refractivity contribution in [2.24, 2.45) is 0 Å². The highest BCUT2D eigenvalue weighted by Crippen LogP contribution is 2.37. The summed E-state index contributed by atoms with van der Waals surface area (Å²) in [6.45, 7) is 2.33. The number of aromatic nitrogens is 2. The zero-order valence-corrected chi connectivity index (χ0v) is 15.7. The second kappa shape index (κ2) is 7.81. The molecule has 0 bridgehead atoms. The number of para-hydroxylation sites is 1. The molecular formula is C19H16Cl2N2O3. The van der Waals surface area contributed by atoms with Gasteiger partial charge in [-0.05, 0) is 42.8 Å². The van der Waals surface area contributed by atoms with Crippen molar-refractivity contribution in [3.05, 3.63) is 63.2 Å². The van der Waals surface area contributed by atoms with E-state index in [1.165, 1.54) is 7.11 Å². The van der Waals surface area contributed by atoms with Gasteiger partial charge in [0.25, 0.3) is 5.56 Å². The summed E-state index contributed by atoms with van der Waals surface area (Å²) >= 11 is 12.6. The van der Waals surface area contributed by atoms with Crippen molar-refractivity contribution in [3.8, 4) is 11.5 Å². The molecule has 1 N–H and O–H groups in total. The molecule has 5 nitrogen and oxygen atoms in total. The number of hydrogen-bond acceptors (Lipinski definition) is 4. The highest BCUT2D eigenvalue weighted by Gasteiger charge is 2.12. The zero-order chi connectivity index (χ0) is 18.7. The van der Waals surface area contributed by atoms with E-state index in [2.05, 4.69) is 9.97 Å². The number of rotatable bonds is 5. The average molecular weight is 391 g/mol. The van der Waals surface area contributed by atoms with Crippen molar-refractivity contribution in [1.82, 2.24) is 9.97 Å². The van der Waals surface area contributed by atoms with E-state index < -0.39 is 0 Å². The van der Waals surface area contributed by atoms with E-state index in [1.54, 1.807) is 36.4 Å². The van der Waals surface area contributed by atoms with E-state index in [4.69, 9.17) is 32.7 Å². The lowest BCUT2D eigenvalue weighted by atomic mass is 10.1. The SMILES string of the molecule is CCOc1cc(/C=C(\Cl)c2nc3ccccc3c(=O)[nH]2)cc(Cl)c1OC. The van der Waals surface area contributed by atoms with E-state index in [-0.39, 0.29) is 16.4 Å². The molecule has 0 atom stereocenters. The van der Waals surface area contributed by atoms with Gasteiger partial charge in [0.15, 0.2) is 17.3 Å². The number of hydrogen-bond donors (Lipinski definition) is 1. The topological polar surface area (TPSA) is 64.2 Å². The quantitative estimate of drug-likeness (QED) is 0.684. The van der Waals surface area contributed by atoms with E-state index in [1.807, 2.05) is 13.0 Å². The molecule has 0 unspecified atom stereocenters. The second-order valence-corrected chi connectivity index (χ2v) is 6.21. The average Bonchev–Trinajstić information content (AvgIpc) is 2.62. The Labute approximate surface area is 160 Å². The summed E-state index contributed by atoms with van der Waals surface area (Å²) in [5.41, 5.74) is 1.01. The first kappa shape index (κ1) is 18.3. The van der Waals surface area contributed by atoms with Crippen LogP contribution >= 0.6 is 23.2 Å². The Bertz CT molecular complexity index is 1040. The van der Waals surface area contributed by atoms with Gasteiger partial charge in [0.05, 0.1) is 34.7 Å². The molecule has 26 heavy (non-hydrogen) atoms. The van der Waals surface area contributed by atoms with Crippen molar-refractivity contribution in [3.63, 3.8) is 0 Å². The first-order chi connectivity index (χ1) is 12.5. The summed E-state index contributed by atoms with van der Waals surface area (Å²) in [4.78, 5) is 19.3. The minimum absolute atomic E-state index is 0.250. The third kappa shape index (κ3) is 3.69. The van der Waals surface area contributed by atoms with E-state index >= 15 is 0 Å². The highest BCUT2D eigenvalue weighted by atomic mass is 35.5. The third-order valence-electron chi connectivity index (χ3n) is 3.67. The summed E-state index contributed by atoms with van der Waals surface area (Å²) in [5.74, 6) is 1.25. The normalized spacial score (nSPS) is 11.6. The lowest BCUT2D eigenvalue weighted by molar-refractivity contribution is 0.311. The number of halogens is 2. The first-order valence-electron chi connectivity index (χ1n) is 7.90. The van der Waals surface area contributed by atoms with Gasteiger partial charge in [-0.25, -0.2) is 4.98 Å². The summed E-state index contributed by atoms with van der Waals surface area (Å²) in [7, 11) is 1.52. The fraction of sp³-hybridized carbons (Fsp3) is 0.158. The predicted molar refractivity (Wildman–Crippen MR) is 105 cm³/mol. The summed E-state index contributed by atoms with van der Waals surface area (Å²) in [6, 6.07) is 10.5. The number of methoxy groups -OCH3 is 1. The van der Waals surface area contributed by atoms with Gasteiger partial charge in [-0.1, -0.05) is 35.3 Å². The van der Waals surface area contributed by atoms with E-state index in [0.29, 0.717) is 39.6 Å². The van der Waals surface area contributed by atoms with Crippen LogP contribution in [0.3, 0.4) is 0 Å². The Morgan fingerprint density at radius 3 is 2.81 bits per heavy atom. The van der Waals surface area contributed by atoms with Crippen LogP contribution in [0.2, 0.25) is 5.02 Å². The molecule has 0 fully saturated rings. The number of nitrogens with zero attached hydrogens (tertiary/aromatic N) is 1. The molecule has 0 aliphatic heterocycles. The fourth-order valence-corrected chi connectivity index (χ4v) is 3.06. The molecule has 0 saturated heterocycles. The lowest BCUT2D eigenvalue weighted by Crippen LogP contribution is -2.10. The lowest BCUT2D eigenvalue weighted by Gasteiger charge is -2.12. The van der Waals surface area contributed by atoms with E-state index in [9.17, 15) is 4.79 Å². The Morgan fingerprint density at radius 1 is 1.31 bits per heavy atom. The maximum absolute atomic E-state index is 12.2. The molecule has 1 aromatic heterocycles. The van der Waals surface area contributed by atoms with Gasteiger partial charge in [-0.3, -0.25) is 4.79 Å². The standard InChI is InChI=1S/C19H16Cl2N2O3/c1-3-26-16-10-11(8-13(20)17(16)25-2)9-14(21)18-22-15-7-5-4-6-12(15)19(24)23-18/h4-10H,3H2,1-2H3,(H,22,23,24)/b14-9-. The monoisotopic (exact) mass is 390 g/mol. The Kier molecular flexibility index (Phi) is 5.49. The minimum atomic E-state index is -0.250. The van der Waals surface area contributed by atoms with Crippen LogP contribution in [-0.2, 0) is 0 Å². The van der Waals surface area contributed by atoms with Crippen LogP contribution in [-0.4, -0.2) is 23.7 Å². The zero-order valence-electron chi connectivity index (χ0n) is 14.2. The number of H-pyrrole nitrogens is 1. The third-order valence-corrected chi connectivity index (χ3v) is 4.24. The second-order valence-electron chi connectivity index (χ2n) is 5.39. The molecular weight excluding hydrogens is 375 g/mol. The molecule has 0 spiro atoms. The van der Waals surface area contributed by atoms with Crippen LogP contribution in [0.15, 0.2) is 41.2 Å². The van der Waals surface area contributed by atoms with Crippen molar-refractivity contribution in [2.45, 2.75) is 6.92 Å². The predicted octanol–water partition coefficient (Wildman–Crippen LogP) is 4.72. The molecule has 0 aliphatic rings. The van der Waals surface area contributed by atoms with Gasteiger partial charge >= 0.3 is 0 Å². The fourth-order valence-electron chi connectivity index (χ4n) is 2.55. The van der Waals surface area contributed by atoms with Crippen molar-refractivity contribution in [2.75, 3.05) is 13.7 Å². The number of nitrogens with one attached hydrogen (secondary N) is 1. The minimum Gasteiger partial charge on any atom is -0.491 e. The molecule has 0 aliphatic carbocycles. The van der Waals surface area contributed by atoms with Crippen LogP contribution < -0.4 is 15.0 Å². The first-order valence-corrected chi connectivity index (χ1v) is 8.66. The Morgan fingerprint density at radius 2 is 2.08 bits per heavy atom. The summed E-state index contributed by atoms with van der Waals surface area (Å²) in [6.07, 6.45) is 1.66. The molecule has 134 valence electrons. The van der Waals surface area contributed by atoms with Gasteiger partial charge < -0.3 is 14.5 Å². The van der Waals surface area contributed by atoms with Gasteiger partial charge in [0, 0.05) is 0 Å². The number of fused-ring (bicyclic) bond motifs is 1. The largest absolute Gasteiger partial charge is 0.491 e. The number of aromatic amines is 1. The molecule has 0 amide bonds. The number of benzene rings is 2. The maximum Gasteiger partial charge on any atom is 0.259 e. The Balaban J connectivity index is 2.06. The summed E-state index contributed by atoms with van der Waals surface area (Å²) in [5, 5.41) is 1.18. The van der Waals surface area contributed by atoms with Crippen molar-refractivity contribution in [1.29, 1.82) is 0 Å². The summed E-state index contributed by atoms with van der Waals surface area (Å²) < 4.78 is 10.8. The molecule has 2 aromatic carbocycles. The molecule has 3 rings (SSSR count). The van der Waals surface area contributed by atoms with Gasteiger partial charge in [0.1, 0.15) is 0 Å². The van der Waals surface area contributed by atoms with Crippen molar-refractivity contribution >= 4 is 45.2 Å². The van der Waals surface area contributed by atoms with Crippen LogP contribution in [0.1, 0.15) is 18.3 Å². The van der Waals surface area contributed by atoms with Crippen LogP contribution in [0.5, 0.6) is 11.5 Å². The van der Waals surface area contributed by atoms with Crippen LogP contribution in [0, 0.1) is 0 Å². The molecule has 7 heteroatoms. The van der Waals surface area contributed by atoms with Gasteiger partial charge in [-0.2, -0.15) is 0 Å². The molecule has 3 aromatic rings. The number of ether oxygens (including phenoxy) is 2. The van der Waals surface area contributed by atoms with E-state index in [0.717, 1.165) is 0 Å². The van der Waals surface area contributed by atoms with Gasteiger partial charge in [0.2, 0.25) is 0 Å². The van der Waals surface area contributed by atoms with Crippen LogP contribution in [0.4, 0.5) is 0 Å². The van der Waals surface area contributed by atoms with Crippen molar-refractivity contribution < 1.29 is 9.47 Å². The van der Waals surface area contributed by atoms with Gasteiger partial charge in [-0.15, -0.1) is 0 Å². The maximum atomic E-state index is 12.2. The van der Waals surface area contributed by atoms with Crippen LogP contribution in [0.25, 0.3) is 22.0 Å². The molecule has 0 radical (unpaired) electrons. The molecule has 1 heterocycles. The molecule has 0 saturated carbocycles.